The van der Waals surface area contributed by atoms with Gasteiger partial charge in [0.15, 0.2) is 0 Å². The van der Waals surface area contributed by atoms with Gasteiger partial charge in [-0.15, -0.1) is 0 Å². The second-order valence-electron chi connectivity index (χ2n) is 6.36. The number of carbonyl (C=O) groups excluding carboxylic acids is 2. The van der Waals surface area contributed by atoms with E-state index in [1.807, 2.05) is 42.5 Å². The quantitative estimate of drug-likeness (QED) is 0.377. The lowest BCUT2D eigenvalue weighted by Gasteiger charge is -2.13. The summed E-state index contributed by atoms with van der Waals surface area (Å²) in [6.07, 6.45) is 3.21. The normalized spacial score (nSPS) is 10.5. The number of aromatic nitrogens is 1. The van der Waals surface area contributed by atoms with Crippen LogP contribution in [0.5, 0.6) is 0 Å². The Morgan fingerprint density at radius 1 is 0.759 bits per heavy atom. The van der Waals surface area contributed by atoms with E-state index >= 15 is 0 Å². The first-order valence-electron chi connectivity index (χ1n) is 8.92. The van der Waals surface area contributed by atoms with E-state index in [1.165, 1.54) is 0 Å². The molecule has 0 aliphatic carbocycles. The van der Waals surface area contributed by atoms with E-state index in [9.17, 15) is 9.59 Å². The average Bonchev–Trinajstić information content (AvgIpc) is 2.75. The zero-order chi connectivity index (χ0) is 20.2. The number of carbonyl (C=O) groups is 2. The lowest BCUT2D eigenvalue weighted by Crippen LogP contribution is -2.18. The molecule has 0 spiro atoms. The van der Waals surface area contributed by atoms with Crippen LogP contribution in [0.15, 0.2) is 85.2 Å². The number of halogens is 1. The van der Waals surface area contributed by atoms with Gasteiger partial charge in [0.25, 0.3) is 11.8 Å². The number of anilines is 2. The van der Waals surface area contributed by atoms with Gasteiger partial charge < -0.3 is 10.6 Å². The summed E-state index contributed by atoms with van der Waals surface area (Å²) in [7, 11) is 0. The summed E-state index contributed by atoms with van der Waals surface area (Å²) in [5.41, 5.74) is 2.04. The maximum atomic E-state index is 13.0. The summed E-state index contributed by atoms with van der Waals surface area (Å²) >= 11 is 2.14. The standard InChI is InChI=1S/C23H16IN3O2/c24-16-8-9-21(20(14-16)23(29)26-17-10-12-25-13-11-17)27-22(28)19-7-3-5-15-4-1-2-6-18(15)19/h1-14H,(H,27,28)(H,25,26,29). The molecule has 0 aliphatic heterocycles. The van der Waals surface area contributed by atoms with Crippen molar-refractivity contribution in [3.63, 3.8) is 0 Å². The molecule has 0 radical (unpaired) electrons. The van der Waals surface area contributed by atoms with Gasteiger partial charge in [-0.25, -0.2) is 0 Å². The van der Waals surface area contributed by atoms with Gasteiger partial charge in [0.1, 0.15) is 0 Å². The number of rotatable bonds is 4. The molecule has 0 atom stereocenters. The molecule has 0 aliphatic rings. The van der Waals surface area contributed by atoms with Crippen LogP contribution in [0.25, 0.3) is 10.8 Å². The highest BCUT2D eigenvalue weighted by Gasteiger charge is 2.16. The molecule has 142 valence electrons. The fourth-order valence-corrected chi connectivity index (χ4v) is 3.55. The van der Waals surface area contributed by atoms with Crippen molar-refractivity contribution >= 4 is 56.6 Å². The number of amides is 2. The van der Waals surface area contributed by atoms with Crippen molar-refractivity contribution in [3.05, 3.63) is 99.9 Å². The monoisotopic (exact) mass is 493 g/mol. The molecule has 3 aromatic carbocycles. The van der Waals surface area contributed by atoms with E-state index in [2.05, 4.69) is 38.2 Å². The van der Waals surface area contributed by atoms with Crippen LogP contribution in [0.3, 0.4) is 0 Å². The van der Waals surface area contributed by atoms with Crippen molar-refractivity contribution in [2.24, 2.45) is 0 Å². The van der Waals surface area contributed by atoms with Gasteiger partial charge in [0.2, 0.25) is 0 Å². The first kappa shape index (κ1) is 19.1. The predicted molar refractivity (Wildman–Crippen MR) is 123 cm³/mol. The third-order valence-corrected chi connectivity index (χ3v) is 5.12. The fourth-order valence-electron chi connectivity index (χ4n) is 3.06. The summed E-state index contributed by atoms with van der Waals surface area (Å²) in [6.45, 7) is 0. The van der Waals surface area contributed by atoms with Gasteiger partial charge >= 0.3 is 0 Å². The van der Waals surface area contributed by atoms with Crippen LogP contribution < -0.4 is 10.6 Å². The van der Waals surface area contributed by atoms with E-state index in [1.54, 1.807) is 42.7 Å². The molecule has 1 aromatic heterocycles. The maximum absolute atomic E-state index is 13.0. The second-order valence-corrected chi connectivity index (χ2v) is 7.61. The molecule has 0 unspecified atom stereocenters. The highest BCUT2D eigenvalue weighted by Crippen LogP contribution is 2.24. The summed E-state index contributed by atoms with van der Waals surface area (Å²) in [5.74, 6) is -0.566. The minimum atomic E-state index is -0.303. The van der Waals surface area contributed by atoms with Gasteiger partial charge in [-0.3, -0.25) is 14.6 Å². The zero-order valence-corrected chi connectivity index (χ0v) is 17.4. The van der Waals surface area contributed by atoms with Crippen molar-refractivity contribution in [2.45, 2.75) is 0 Å². The van der Waals surface area contributed by atoms with Gasteiger partial charge in [-0.1, -0.05) is 36.4 Å². The van der Waals surface area contributed by atoms with Crippen molar-refractivity contribution in [3.8, 4) is 0 Å². The first-order chi connectivity index (χ1) is 14.1. The molecule has 0 fully saturated rings. The van der Waals surface area contributed by atoms with Crippen LogP contribution in [0.4, 0.5) is 11.4 Å². The lowest BCUT2D eigenvalue weighted by atomic mass is 10.0. The Bertz CT molecular complexity index is 1200. The van der Waals surface area contributed by atoms with Gasteiger partial charge in [-0.2, -0.15) is 0 Å². The third kappa shape index (κ3) is 4.27. The van der Waals surface area contributed by atoms with E-state index in [0.717, 1.165) is 14.3 Å². The van der Waals surface area contributed by atoms with Gasteiger partial charge in [0, 0.05) is 27.2 Å². The van der Waals surface area contributed by atoms with E-state index < -0.39 is 0 Å². The van der Waals surface area contributed by atoms with E-state index in [-0.39, 0.29) is 11.8 Å². The minimum absolute atomic E-state index is 0.263. The summed E-state index contributed by atoms with van der Waals surface area (Å²) < 4.78 is 0.894. The molecule has 0 saturated heterocycles. The smallest absolute Gasteiger partial charge is 0.257 e. The predicted octanol–water partition coefficient (Wildman–Crippen LogP) is 5.34. The van der Waals surface area contributed by atoms with E-state index in [4.69, 9.17) is 0 Å². The summed E-state index contributed by atoms with van der Waals surface area (Å²) in [5, 5.41) is 7.58. The number of nitrogens with zero attached hydrogens (tertiary/aromatic N) is 1. The van der Waals surface area contributed by atoms with Crippen LogP contribution in [0.1, 0.15) is 20.7 Å². The van der Waals surface area contributed by atoms with Crippen LogP contribution in [0, 0.1) is 3.57 Å². The molecule has 2 N–H and O–H groups in total. The Morgan fingerprint density at radius 2 is 1.48 bits per heavy atom. The van der Waals surface area contributed by atoms with Crippen molar-refractivity contribution in [2.75, 3.05) is 10.6 Å². The lowest BCUT2D eigenvalue weighted by molar-refractivity contribution is 0.102. The summed E-state index contributed by atoms with van der Waals surface area (Å²) in [4.78, 5) is 29.8. The highest BCUT2D eigenvalue weighted by atomic mass is 127. The zero-order valence-electron chi connectivity index (χ0n) is 15.2. The highest BCUT2D eigenvalue weighted by molar-refractivity contribution is 14.1. The summed E-state index contributed by atoms with van der Waals surface area (Å²) in [6, 6.07) is 22.1. The molecular weight excluding hydrogens is 477 g/mol. The Balaban J connectivity index is 1.65. The molecule has 5 nitrogen and oxygen atoms in total. The molecular formula is C23H16IN3O2. The molecule has 4 aromatic rings. The molecule has 0 saturated carbocycles. The van der Waals surface area contributed by atoms with E-state index in [0.29, 0.717) is 22.5 Å². The molecule has 29 heavy (non-hydrogen) atoms. The topological polar surface area (TPSA) is 71.1 Å². The maximum Gasteiger partial charge on any atom is 0.257 e. The Labute approximate surface area is 181 Å². The van der Waals surface area contributed by atoms with Crippen LogP contribution in [0.2, 0.25) is 0 Å². The SMILES string of the molecule is O=C(Nc1ccncc1)c1cc(I)ccc1NC(=O)c1cccc2ccccc12. The Kier molecular flexibility index (Phi) is 5.53. The second kappa shape index (κ2) is 8.40. The van der Waals surface area contributed by atoms with Crippen LogP contribution in [-0.4, -0.2) is 16.8 Å². The number of hydrogen-bond acceptors (Lipinski definition) is 3. The van der Waals surface area contributed by atoms with Crippen molar-refractivity contribution in [1.29, 1.82) is 0 Å². The third-order valence-electron chi connectivity index (χ3n) is 4.45. The Morgan fingerprint density at radius 3 is 2.31 bits per heavy atom. The van der Waals surface area contributed by atoms with Crippen LogP contribution >= 0.6 is 22.6 Å². The average molecular weight is 493 g/mol. The number of fused-ring (bicyclic) bond motifs is 1. The first-order valence-corrected chi connectivity index (χ1v) is 10.00. The van der Waals surface area contributed by atoms with Crippen LogP contribution in [-0.2, 0) is 0 Å². The molecule has 2 amide bonds. The minimum Gasteiger partial charge on any atom is -0.322 e. The molecule has 1 heterocycles. The fraction of sp³-hybridized carbons (Fsp3) is 0. The number of nitrogens with one attached hydrogen (secondary N) is 2. The molecule has 0 bridgehead atoms. The number of hydrogen-bond donors (Lipinski definition) is 2. The molecule has 4 rings (SSSR count). The van der Waals surface area contributed by atoms with Crippen molar-refractivity contribution in [1.82, 2.24) is 4.98 Å². The number of benzene rings is 3. The van der Waals surface area contributed by atoms with Gasteiger partial charge in [0.05, 0.1) is 11.3 Å². The Hall–Kier alpha value is -3.26. The van der Waals surface area contributed by atoms with Gasteiger partial charge in [-0.05, 0) is 69.8 Å². The molecule has 6 heteroatoms. The largest absolute Gasteiger partial charge is 0.322 e. The number of pyridine rings is 1. The van der Waals surface area contributed by atoms with Crippen molar-refractivity contribution < 1.29 is 9.59 Å².